The van der Waals surface area contributed by atoms with Gasteiger partial charge in [-0.25, -0.2) is 0 Å². The van der Waals surface area contributed by atoms with Gasteiger partial charge in [-0.1, -0.05) is 6.07 Å². The zero-order chi connectivity index (χ0) is 11.3. The standard InChI is InChI=1S/C10H14N2O3/c1-15-9-3-2-7(4-8(9)13)5-12-6-10(11)14/h2-4,12-13H,5-6H2,1H3,(H2,11,14). The average Bonchev–Trinajstić information content (AvgIpc) is 2.17. The van der Waals surface area contributed by atoms with Crippen molar-refractivity contribution in [2.75, 3.05) is 13.7 Å². The van der Waals surface area contributed by atoms with Gasteiger partial charge in [0.1, 0.15) is 0 Å². The summed E-state index contributed by atoms with van der Waals surface area (Å²) in [6.07, 6.45) is 0. The molecule has 1 aromatic carbocycles. The van der Waals surface area contributed by atoms with Crippen LogP contribution in [0.4, 0.5) is 0 Å². The topological polar surface area (TPSA) is 84.6 Å². The number of primary amides is 1. The Morgan fingerprint density at radius 3 is 2.87 bits per heavy atom. The first-order valence-electron chi connectivity index (χ1n) is 4.48. The van der Waals surface area contributed by atoms with Crippen LogP contribution in [0.15, 0.2) is 18.2 Å². The molecule has 82 valence electrons. The summed E-state index contributed by atoms with van der Waals surface area (Å²) in [4.78, 5) is 10.4. The van der Waals surface area contributed by atoms with E-state index >= 15 is 0 Å². The van der Waals surface area contributed by atoms with Crippen LogP contribution >= 0.6 is 0 Å². The molecule has 0 radical (unpaired) electrons. The van der Waals surface area contributed by atoms with Crippen molar-refractivity contribution < 1.29 is 14.6 Å². The maximum atomic E-state index is 10.4. The number of carbonyl (C=O) groups is 1. The first kappa shape index (κ1) is 11.3. The van der Waals surface area contributed by atoms with Crippen molar-refractivity contribution in [3.63, 3.8) is 0 Å². The molecule has 5 heteroatoms. The molecule has 0 aliphatic heterocycles. The van der Waals surface area contributed by atoms with Crippen molar-refractivity contribution in [1.82, 2.24) is 5.32 Å². The average molecular weight is 210 g/mol. The number of benzene rings is 1. The van der Waals surface area contributed by atoms with E-state index in [0.717, 1.165) is 5.56 Å². The van der Waals surface area contributed by atoms with Crippen molar-refractivity contribution >= 4 is 5.91 Å². The van der Waals surface area contributed by atoms with Crippen LogP contribution < -0.4 is 15.8 Å². The highest BCUT2D eigenvalue weighted by Gasteiger charge is 2.02. The summed E-state index contributed by atoms with van der Waals surface area (Å²) in [6.45, 7) is 0.591. The van der Waals surface area contributed by atoms with Gasteiger partial charge in [0.2, 0.25) is 5.91 Å². The third-order valence-corrected chi connectivity index (χ3v) is 1.87. The van der Waals surface area contributed by atoms with E-state index in [4.69, 9.17) is 10.5 Å². The summed E-state index contributed by atoms with van der Waals surface area (Å²) in [7, 11) is 1.49. The maximum absolute atomic E-state index is 10.4. The van der Waals surface area contributed by atoms with Crippen LogP contribution in [0.2, 0.25) is 0 Å². The Balaban J connectivity index is 2.55. The summed E-state index contributed by atoms with van der Waals surface area (Å²) in [5.41, 5.74) is 5.82. The summed E-state index contributed by atoms with van der Waals surface area (Å²) in [6, 6.07) is 5.04. The number of carbonyl (C=O) groups excluding carboxylic acids is 1. The van der Waals surface area contributed by atoms with Crippen LogP contribution in [-0.2, 0) is 11.3 Å². The van der Waals surface area contributed by atoms with Crippen LogP contribution in [0.1, 0.15) is 5.56 Å². The molecule has 0 saturated carbocycles. The number of rotatable bonds is 5. The van der Waals surface area contributed by atoms with Crippen molar-refractivity contribution in [2.24, 2.45) is 5.73 Å². The maximum Gasteiger partial charge on any atom is 0.231 e. The lowest BCUT2D eigenvalue weighted by Crippen LogP contribution is -2.28. The van der Waals surface area contributed by atoms with Gasteiger partial charge in [0.05, 0.1) is 13.7 Å². The Bertz CT molecular complexity index is 353. The second-order valence-electron chi connectivity index (χ2n) is 3.08. The highest BCUT2D eigenvalue weighted by molar-refractivity contribution is 5.75. The molecule has 0 fully saturated rings. The molecule has 0 bridgehead atoms. The molecule has 1 aromatic rings. The molecule has 0 heterocycles. The van der Waals surface area contributed by atoms with Crippen LogP contribution in [0.5, 0.6) is 11.5 Å². The Morgan fingerprint density at radius 1 is 1.60 bits per heavy atom. The molecule has 1 rings (SSSR count). The van der Waals surface area contributed by atoms with Crippen LogP contribution in [0.3, 0.4) is 0 Å². The first-order valence-corrected chi connectivity index (χ1v) is 4.48. The van der Waals surface area contributed by atoms with E-state index in [1.165, 1.54) is 7.11 Å². The van der Waals surface area contributed by atoms with Gasteiger partial charge in [-0.05, 0) is 17.7 Å². The second-order valence-corrected chi connectivity index (χ2v) is 3.08. The van der Waals surface area contributed by atoms with Gasteiger partial charge < -0.3 is 20.9 Å². The lowest BCUT2D eigenvalue weighted by atomic mass is 10.2. The molecule has 5 nitrogen and oxygen atoms in total. The summed E-state index contributed by atoms with van der Waals surface area (Å²) in [5.74, 6) is 0.0947. The van der Waals surface area contributed by atoms with Gasteiger partial charge in [-0.15, -0.1) is 0 Å². The number of nitrogens with one attached hydrogen (secondary N) is 1. The zero-order valence-electron chi connectivity index (χ0n) is 8.49. The van der Waals surface area contributed by atoms with Gasteiger partial charge in [0, 0.05) is 6.54 Å². The number of phenolic OH excluding ortho intramolecular Hbond substituents is 1. The lowest BCUT2D eigenvalue weighted by molar-refractivity contribution is -0.117. The summed E-state index contributed by atoms with van der Waals surface area (Å²) in [5, 5.41) is 12.3. The molecule has 0 aliphatic carbocycles. The second kappa shape index (κ2) is 5.21. The number of hydrogen-bond acceptors (Lipinski definition) is 4. The molecule has 1 amide bonds. The van der Waals surface area contributed by atoms with Crippen LogP contribution in [0.25, 0.3) is 0 Å². The van der Waals surface area contributed by atoms with Crippen molar-refractivity contribution in [1.29, 1.82) is 0 Å². The van der Waals surface area contributed by atoms with Crippen molar-refractivity contribution in [3.05, 3.63) is 23.8 Å². The predicted molar refractivity (Wildman–Crippen MR) is 55.6 cm³/mol. The van der Waals surface area contributed by atoms with Gasteiger partial charge >= 0.3 is 0 Å². The number of nitrogens with two attached hydrogens (primary N) is 1. The highest BCUT2D eigenvalue weighted by Crippen LogP contribution is 2.25. The molecule has 0 aromatic heterocycles. The number of ether oxygens (including phenoxy) is 1. The van der Waals surface area contributed by atoms with Gasteiger partial charge in [-0.2, -0.15) is 0 Å². The third kappa shape index (κ3) is 3.47. The monoisotopic (exact) mass is 210 g/mol. The minimum Gasteiger partial charge on any atom is -0.504 e. The predicted octanol–water partition coefficient (Wildman–Crippen LogP) is -0.0243. The molecular formula is C10H14N2O3. The van der Waals surface area contributed by atoms with Crippen LogP contribution in [0, 0.1) is 0 Å². The number of phenols is 1. The third-order valence-electron chi connectivity index (χ3n) is 1.87. The van der Waals surface area contributed by atoms with E-state index in [1.807, 2.05) is 0 Å². The Morgan fingerprint density at radius 2 is 2.33 bits per heavy atom. The fourth-order valence-electron chi connectivity index (χ4n) is 1.18. The Hall–Kier alpha value is -1.75. The quantitative estimate of drug-likeness (QED) is 0.637. The molecule has 0 unspecified atom stereocenters. The van der Waals surface area contributed by atoms with Gasteiger partial charge in [0.25, 0.3) is 0 Å². The van der Waals surface area contributed by atoms with E-state index in [0.29, 0.717) is 12.3 Å². The zero-order valence-corrected chi connectivity index (χ0v) is 8.49. The minimum absolute atomic E-state index is 0.0795. The fraction of sp³-hybridized carbons (Fsp3) is 0.300. The van der Waals surface area contributed by atoms with E-state index < -0.39 is 5.91 Å². The number of methoxy groups -OCH3 is 1. The van der Waals surface area contributed by atoms with Crippen molar-refractivity contribution in [3.8, 4) is 11.5 Å². The summed E-state index contributed by atoms with van der Waals surface area (Å²) >= 11 is 0. The van der Waals surface area contributed by atoms with E-state index in [9.17, 15) is 9.90 Å². The van der Waals surface area contributed by atoms with Crippen LogP contribution in [-0.4, -0.2) is 24.7 Å². The minimum atomic E-state index is -0.410. The van der Waals surface area contributed by atoms with E-state index in [2.05, 4.69) is 5.32 Å². The molecule has 0 spiro atoms. The largest absolute Gasteiger partial charge is 0.504 e. The molecule has 15 heavy (non-hydrogen) atoms. The number of aromatic hydroxyl groups is 1. The molecule has 0 saturated heterocycles. The molecular weight excluding hydrogens is 196 g/mol. The lowest BCUT2D eigenvalue weighted by Gasteiger charge is -2.06. The van der Waals surface area contributed by atoms with E-state index in [-0.39, 0.29) is 12.3 Å². The Labute approximate surface area is 87.9 Å². The highest BCUT2D eigenvalue weighted by atomic mass is 16.5. The molecule has 0 atom stereocenters. The molecule has 0 aliphatic rings. The van der Waals surface area contributed by atoms with E-state index in [1.54, 1.807) is 18.2 Å². The van der Waals surface area contributed by atoms with Gasteiger partial charge in [-0.3, -0.25) is 4.79 Å². The van der Waals surface area contributed by atoms with Gasteiger partial charge in [0.15, 0.2) is 11.5 Å². The fourth-order valence-corrected chi connectivity index (χ4v) is 1.18. The smallest absolute Gasteiger partial charge is 0.231 e. The first-order chi connectivity index (χ1) is 7.13. The van der Waals surface area contributed by atoms with Crippen molar-refractivity contribution in [2.45, 2.75) is 6.54 Å². The Kier molecular flexibility index (Phi) is 3.93. The number of amides is 1. The normalized spacial score (nSPS) is 9.93. The molecule has 4 N–H and O–H groups in total. The SMILES string of the molecule is COc1ccc(CNCC(N)=O)cc1O. The number of hydrogen-bond donors (Lipinski definition) is 3. The summed E-state index contributed by atoms with van der Waals surface area (Å²) < 4.78 is 4.90.